The molecule has 0 fully saturated rings. The molecule has 2 rings (SSSR count). The van der Waals surface area contributed by atoms with Crippen LogP contribution in [0.2, 0.25) is 0 Å². The Labute approximate surface area is 123 Å². The molecule has 0 amide bonds. The zero-order valence-corrected chi connectivity index (χ0v) is 11.8. The second-order valence-corrected chi connectivity index (χ2v) is 4.76. The number of hydrogen-bond acceptors (Lipinski definition) is 4. The van der Waals surface area contributed by atoms with E-state index in [4.69, 9.17) is 27.8 Å². The first-order valence-corrected chi connectivity index (χ1v) is 6.67. The van der Waals surface area contributed by atoms with E-state index in [9.17, 15) is 0 Å². The van der Waals surface area contributed by atoms with Gasteiger partial charge in [0.05, 0.1) is 5.69 Å². The smallest absolute Gasteiger partial charge is 0.122 e. The van der Waals surface area contributed by atoms with Gasteiger partial charge in [-0.15, -0.1) is 0 Å². The molecule has 0 bridgehead atoms. The Bertz CT molecular complexity index is 585. The van der Waals surface area contributed by atoms with E-state index in [0.717, 1.165) is 16.9 Å². The lowest BCUT2D eigenvalue weighted by molar-refractivity contribution is 0.298. The van der Waals surface area contributed by atoms with Gasteiger partial charge in [0, 0.05) is 12.8 Å². The molecule has 0 spiro atoms. The predicted octanol–water partition coefficient (Wildman–Crippen LogP) is 1.83. The molecule has 20 heavy (non-hydrogen) atoms. The third-order valence-electron chi connectivity index (χ3n) is 2.81. The van der Waals surface area contributed by atoms with Crippen molar-refractivity contribution in [1.82, 2.24) is 4.98 Å². The topological polar surface area (TPSA) is 68.4 Å². The van der Waals surface area contributed by atoms with E-state index in [1.54, 1.807) is 6.20 Å². The van der Waals surface area contributed by atoms with Gasteiger partial charge < -0.3 is 15.6 Å². The maximum absolute atomic E-state index is 8.85. The average Bonchev–Trinajstić information content (AvgIpc) is 2.47. The highest BCUT2D eigenvalue weighted by Crippen LogP contribution is 2.14. The first-order chi connectivity index (χ1) is 9.69. The Morgan fingerprint density at radius 3 is 2.60 bits per heavy atom. The summed E-state index contributed by atoms with van der Waals surface area (Å²) in [5.74, 6) is 0.778. The normalized spacial score (nSPS) is 10.2. The van der Waals surface area contributed by atoms with E-state index < -0.39 is 0 Å². The summed E-state index contributed by atoms with van der Waals surface area (Å²) in [7, 11) is 0. The Morgan fingerprint density at radius 1 is 1.20 bits per heavy atom. The third-order valence-corrected chi connectivity index (χ3v) is 3.02. The van der Waals surface area contributed by atoms with E-state index in [1.807, 2.05) is 36.4 Å². The highest BCUT2D eigenvalue weighted by molar-refractivity contribution is 7.80. The van der Waals surface area contributed by atoms with Gasteiger partial charge in [-0.05, 0) is 41.8 Å². The molecular weight excluding hydrogens is 272 g/mol. The fourth-order valence-electron chi connectivity index (χ4n) is 1.75. The van der Waals surface area contributed by atoms with Crippen LogP contribution in [0.1, 0.15) is 16.8 Å². The molecule has 0 saturated heterocycles. The van der Waals surface area contributed by atoms with Crippen LogP contribution >= 0.6 is 12.2 Å². The number of benzene rings is 1. The molecule has 0 unspecified atom stereocenters. The summed E-state index contributed by atoms with van der Waals surface area (Å²) in [6.07, 6.45) is 2.32. The summed E-state index contributed by atoms with van der Waals surface area (Å²) in [5, 5.41) is 8.85. The number of aliphatic hydroxyl groups excluding tert-OH is 1. The van der Waals surface area contributed by atoms with Crippen molar-refractivity contribution in [3.8, 4) is 5.75 Å². The monoisotopic (exact) mass is 288 g/mol. The maximum atomic E-state index is 8.85. The number of thiocarbonyl (C=S) groups is 1. The number of ether oxygens (including phenoxy) is 1. The van der Waals surface area contributed by atoms with E-state index in [-0.39, 0.29) is 11.6 Å². The Kier molecular flexibility index (Phi) is 5.03. The Morgan fingerprint density at radius 2 is 1.95 bits per heavy atom. The molecule has 0 saturated carbocycles. The first kappa shape index (κ1) is 14.4. The third kappa shape index (κ3) is 4.01. The van der Waals surface area contributed by atoms with E-state index in [1.165, 1.54) is 0 Å². The van der Waals surface area contributed by atoms with Gasteiger partial charge in [-0.2, -0.15) is 0 Å². The van der Waals surface area contributed by atoms with Crippen molar-refractivity contribution in [1.29, 1.82) is 0 Å². The van der Waals surface area contributed by atoms with Crippen LogP contribution in [0, 0.1) is 0 Å². The minimum Gasteiger partial charge on any atom is -0.489 e. The largest absolute Gasteiger partial charge is 0.489 e. The minimum absolute atomic E-state index is 0.152. The standard InChI is InChI=1S/C15H16N2O2S/c16-15(20)14-9-12(5-7-17-14)10-19-13-3-1-11(2-4-13)6-8-18/h1-5,7,9,18H,6,8,10H2,(H2,16,20). The zero-order chi connectivity index (χ0) is 14.4. The van der Waals surface area contributed by atoms with Gasteiger partial charge in [0.25, 0.3) is 0 Å². The fourth-order valence-corrected chi connectivity index (χ4v) is 1.86. The van der Waals surface area contributed by atoms with Crippen molar-refractivity contribution in [3.05, 3.63) is 59.4 Å². The van der Waals surface area contributed by atoms with Gasteiger partial charge in [-0.1, -0.05) is 24.4 Å². The molecule has 1 aromatic carbocycles. The van der Waals surface area contributed by atoms with Gasteiger partial charge in [0.1, 0.15) is 17.3 Å². The molecule has 5 heteroatoms. The number of nitrogens with zero attached hydrogens (tertiary/aromatic N) is 1. The molecule has 3 N–H and O–H groups in total. The summed E-state index contributed by atoms with van der Waals surface area (Å²) in [5.41, 5.74) is 8.18. The number of aromatic nitrogens is 1. The summed E-state index contributed by atoms with van der Waals surface area (Å²) in [4.78, 5) is 4.36. The number of rotatable bonds is 6. The molecule has 0 atom stereocenters. The first-order valence-electron chi connectivity index (χ1n) is 6.26. The van der Waals surface area contributed by atoms with Crippen molar-refractivity contribution in [3.63, 3.8) is 0 Å². The fraction of sp³-hybridized carbons (Fsp3) is 0.200. The minimum atomic E-state index is 0.152. The molecule has 4 nitrogen and oxygen atoms in total. The zero-order valence-electron chi connectivity index (χ0n) is 11.0. The van der Waals surface area contributed by atoms with Crippen LogP contribution in [0.5, 0.6) is 5.75 Å². The second-order valence-electron chi connectivity index (χ2n) is 4.32. The Balaban J connectivity index is 1.97. The molecule has 0 radical (unpaired) electrons. The summed E-state index contributed by atoms with van der Waals surface area (Å²) < 4.78 is 5.69. The molecule has 1 aromatic heterocycles. The van der Waals surface area contributed by atoms with Gasteiger partial charge in [-0.3, -0.25) is 4.98 Å². The van der Waals surface area contributed by atoms with Crippen LogP contribution in [0.4, 0.5) is 0 Å². The Hall–Kier alpha value is -1.98. The highest BCUT2D eigenvalue weighted by atomic mass is 32.1. The van der Waals surface area contributed by atoms with Gasteiger partial charge in [0.15, 0.2) is 0 Å². The molecule has 0 aliphatic carbocycles. The van der Waals surface area contributed by atoms with Crippen molar-refractivity contribution >= 4 is 17.2 Å². The molecule has 104 valence electrons. The predicted molar refractivity (Wildman–Crippen MR) is 81.7 cm³/mol. The van der Waals surface area contributed by atoms with Crippen molar-refractivity contribution in [2.24, 2.45) is 5.73 Å². The average molecular weight is 288 g/mol. The van der Waals surface area contributed by atoms with Gasteiger partial charge in [-0.25, -0.2) is 0 Å². The maximum Gasteiger partial charge on any atom is 0.122 e. The van der Waals surface area contributed by atoms with Crippen LogP contribution in [0.15, 0.2) is 42.6 Å². The highest BCUT2D eigenvalue weighted by Gasteiger charge is 2.01. The summed E-state index contributed by atoms with van der Waals surface area (Å²) in [6.45, 7) is 0.580. The van der Waals surface area contributed by atoms with Crippen molar-refractivity contribution in [2.75, 3.05) is 6.61 Å². The van der Waals surface area contributed by atoms with Crippen molar-refractivity contribution < 1.29 is 9.84 Å². The number of nitrogens with two attached hydrogens (primary N) is 1. The summed E-state index contributed by atoms with van der Waals surface area (Å²) in [6, 6.07) is 11.3. The number of aliphatic hydroxyl groups is 1. The van der Waals surface area contributed by atoms with Gasteiger partial charge in [0.2, 0.25) is 0 Å². The molecular formula is C15H16N2O2S. The lowest BCUT2D eigenvalue weighted by atomic mass is 10.1. The quantitative estimate of drug-likeness (QED) is 0.794. The summed E-state index contributed by atoms with van der Waals surface area (Å²) >= 11 is 4.89. The van der Waals surface area contributed by atoms with Crippen molar-refractivity contribution in [2.45, 2.75) is 13.0 Å². The van der Waals surface area contributed by atoms with Crippen LogP contribution < -0.4 is 10.5 Å². The molecule has 2 aromatic rings. The van der Waals surface area contributed by atoms with Gasteiger partial charge >= 0.3 is 0 Å². The molecule has 0 aliphatic rings. The molecule has 0 aliphatic heterocycles. The van der Waals surface area contributed by atoms with E-state index in [0.29, 0.717) is 18.7 Å². The lowest BCUT2D eigenvalue weighted by Gasteiger charge is -2.08. The van der Waals surface area contributed by atoms with Crippen LogP contribution in [0.25, 0.3) is 0 Å². The van der Waals surface area contributed by atoms with E-state index >= 15 is 0 Å². The van der Waals surface area contributed by atoms with E-state index in [2.05, 4.69) is 4.98 Å². The lowest BCUT2D eigenvalue weighted by Crippen LogP contribution is -2.12. The molecule has 1 heterocycles. The van der Waals surface area contributed by atoms with Crippen LogP contribution in [0.3, 0.4) is 0 Å². The SMILES string of the molecule is NC(=S)c1cc(COc2ccc(CCO)cc2)ccn1. The number of pyridine rings is 1. The van der Waals surface area contributed by atoms with Crippen LogP contribution in [-0.2, 0) is 13.0 Å². The number of hydrogen-bond donors (Lipinski definition) is 2. The van der Waals surface area contributed by atoms with Crippen LogP contribution in [-0.4, -0.2) is 21.7 Å². The second kappa shape index (κ2) is 6.98.